The molecular formula is C15H21BrN2O3. The molecular weight excluding hydrogens is 336 g/mol. The third-order valence-electron chi connectivity index (χ3n) is 3.17. The number of amides is 2. The van der Waals surface area contributed by atoms with Gasteiger partial charge in [0.15, 0.2) is 0 Å². The first-order valence-corrected chi connectivity index (χ1v) is 7.75. The van der Waals surface area contributed by atoms with Crippen LogP contribution in [0.2, 0.25) is 0 Å². The fourth-order valence-corrected chi connectivity index (χ4v) is 2.25. The average Bonchev–Trinajstić information content (AvgIpc) is 2.44. The normalized spacial score (nSPS) is 11.7. The molecule has 1 rings (SSSR count). The summed E-state index contributed by atoms with van der Waals surface area (Å²) in [7, 11) is 0. The van der Waals surface area contributed by atoms with Crippen LogP contribution in [-0.4, -0.2) is 23.7 Å². The molecule has 1 atom stereocenters. The van der Waals surface area contributed by atoms with E-state index in [-0.39, 0.29) is 18.4 Å². The van der Waals surface area contributed by atoms with E-state index in [9.17, 15) is 9.59 Å². The van der Waals surface area contributed by atoms with E-state index in [4.69, 9.17) is 5.11 Å². The molecule has 5 nitrogen and oxygen atoms in total. The van der Waals surface area contributed by atoms with E-state index in [2.05, 4.69) is 26.6 Å². The fourth-order valence-electron chi connectivity index (χ4n) is 1.83. The Morgan fingerprint density at radius 3 is 2.62 bits per heavy atom. The number of carboxylic acids is 1. The van der Waals surface area contributed by atoms with Crippen molar-refractivity contribution in [1.29, 1.82) is 0 Å². The third kappa shape index (κ3) is 7.70. The molecule has 0 saturated carbocycles. The number of carbonyl (C=O) groups excluding carboxylic acids is 1. The van der Waals surface area contributed by atoms with Gasteiger partial charge in [-0.25, -0.2) is 4.79 Å². The van der Waals surface area contributed by atoms with Gasteiger partial charge in [0, 0.05) is 24.0 Å². The molecule has 116 valence electrons. The van der Waals surface area contributed by atoms with Gasteiger partial charge in [0.2, 0.25) is 0 Å². The lowest BCUT2D eigenvalue weighted by Crippen LogP contribution is -2.36. The average molecular weight is 357 g/mol. The van der Waals surface area contributed by atoms with E-state index in [0.717, 1.165) is 16.5 Å². The van der Waals surface area contributed by atoms with Crippen LogP contribution in [0.15, 0.2) is 28.7 Å². The standard InChI is InChI=1S/C15H21BrN2O3/c1-11(6-7-14(19)20)8-9-17-15(21)18-10-12-4-2-3-5-13(12)16/h2-5,11H,6-10H2,1H3,(H,19,20)(H2,17,18,21). The van der Waals surface area contributed by atoms with E-state index in [0.29, 0.717) is 19.5 Å². The number of hydrogen-bond donors (Lipinski definition) is 3. The lowest BCUT2D eigenvalue weighted by atomic mass is 10.0. The van der Waals surface area contributed by atoms with Crippen LogP contribution < -0.4 is 10.6 Å². The fraction of sp³-hybridized carbons (Fsp3) is 0.467. The maximum Gasteiger partial charge on any atom is 0.315 e. The molecule has 6 heteroatoms. The first kappa shape index (κ1) is 17.5. The molecule has 0 aromatic heterocycles. The van der Waals surface area contributed by atoms with Gasteiger partial charge < -0.3 is 15.7 Å². The van der Waals surface area contributed by atoms with E-state index in [1.807, 2.05) is 31.2 Å². The van der Waals surface area contributed by atoms with Crippen LogP contribution in [0.1, 0.15) is 31.7 Å². The maximum absolute atomic E-state index is 11.6. The molecule has 1 unspecified atom stereocenters. The number of nitrogens with one attached hydrogen (secondary N) is 2. The van der Waals surface area contributed by atoms with E-state index < -0.39 is 5.97 Å². The molecule has 3 N–H and O–H groups in total. The first-order chi connectivity index (χ1) is 9.99. The van der Waals surface area contributed by atoms with Crippen LogP contribution in [0.3, 0.4) is 0 Å². The molecule has 1 aromatic rings. The minimum absolute atomic E-state index is 0.176. The topological polar surface area (TPSA) is 78.4 Å². The zero-order valence-electron chi connectivity index (χ0n) is 12.1. The van der Waals surface area contributed by atoms with Gasteiger partial charge in [0.1, 0.15) is 0 Å². The number of carbonyl (C=O) groups is 2. The summed E-state index contributed by atoms with van der Waals surface area (Å²) in [6, 6.07) is 7.50. The van der Waals surface area contributed by atoms with Crippen molar-refractivity contribution in [2.24, 2.45) is 5.92 Å². The van der Waals surface area contributed by atoms with Gasteiger partial charge in [-0.1, -0.05) is 41.1 Å². The van der Waals surface area contributed by atoms with Gasteiger partial charge in [-0.3, -0.25) is 4.79 Å². The molecule has 0 bridgehead atoms. The van der Waals surface area contributed by atoms with Crippen molar-refractivity contribution in [3.63, 3.8) is 0 Å². The van der Waals surface area contributed by atoms with Gasteiger partial charge in [-0.05, 0) is 30.4 Å². The van der Waals surface area contributed by atoms with Crippen LogP contribution >= 0.6 is 15.9 Å². The molecule has 0 aliphatic heterocycles. The Morgan fingerprint density at radius 2 is 1.95 bits per heavy atom. The maximum atomic E-state index is 11.6. The van der Waals surface area contributed by atoms with Crippen LogP contribution in [0.4, 0.5) is 4.79 Å². The van der Waals surface area contributed by atoms with Crippen LogP contribution in [-0.2, 0) is 11.3 Å². The molecule has 2 amide bonds. The minimum Gasteiger partial charge on any atom is -0.481 e. The number of aliphatic carboxylic acids is 1. The second-order valence-electron chi connectivity index (χ2n) is 5.03. The molecule has 1 aromatic carbocycles. The SMILES string of the molecule is CC(CCNC(=O)NCc1ccccc1Br)CCC(=O)O. The van der Waals surface area contributed by atoms with Gasteiger partial charge in [0.05, 0.1) is 0 Å². The summed E-state index contributed by atoms with van der Waals surface area (Å²) in [6.07, 6.45) is 1.58. The molecule has 21 heavy (non-hydrogen) atoms. The minimum atomic E-state index is -0.777. The zero-order chi connectivity index (χ0) is 15.7. The summed E-state index contributed by atoms with van der Waals surface area (Å²) < 4.78 is 0.965. The molecule has 0 aliphatic carbocycles. The monoisotopic (exact) mass is 356 g/mol. The number of hydrogen-bond acceptors (Lipinski definition) is 2. The largest absolute Gasteiger partial charge is 0.481 e. The Bertz CT molecular complexity index is 480. The van der Waals surface area contributed by atoms with Crippen LogP contribution in [0.25, 0.3) is 0 Å². The van der Waals surface area contributed by atoms with Crippen molar-refractivity contribution >= 4 is 27.9 Å². The predicted molar refractivity (Wildman–Crippen MR) is 85.0 cm³/mol. The summed E-state index contributed by atoms with van der Waals surface area (Å²) in [5.41, 5.74) is 1.02. The van der Waals surface area contributed by atoms with Crippen molar-refractivity contribution in [2.75, 3.05) is 6.54 Å². The Balaban J connectivity index is 2.17. The highest BCUT2D eigenvalue weighted by atomic mass is 79.9. The number of carboxylic acid groups (broad SMARTS) is 1. The first-order valence-electron chi connectivity index (χ1n) is 6.96. The van der Waals surface area contributed by atoms with Crippen LogP contribution in [0, 0.1) is 5.92 Å². The quantitative estimate of drug-likeness (QED) is 0.669. The van der Waals surface area contributed by atoms with Crippen molar-refractivity contribution < 1.29 is 14.7 Å². The number of urea groups is 1. The van der Waals surface area contributed by atoms with Crippen molar-refractivity contribution in [2.45, 2.75) is 32.7 Å². The van der Waals surface area contributed by atoms with E-state index >= 15 is 0 Å². The molecule has 0 spiro atoms. The van der Waals surface area contributed by atoms with Gasteiger partial charge >= 0.3 is 12.0 Å². The zero-order valence-corrected chi connectivity index (χ0v) is 13.6. The van der Waals surface area contributed by atoms with Gasteiger partial charge in [0.25, 0.3) is 0 Å². The van der Waals surface area contributed by atoms with Crippen molar-refractivity contribution in [3.8, 4) is 0 Å². The third-order valence-corrected chi connectivity index (χ3v) is 3.94. The van der Waals surface area contributed by atoms with E-state index in [1.54, 1.807) is 0 Å². The van der Waals surface area contributed by atoms with Crippen molar-refractivity contribution in [1.82, 2.24) is 10.6 Å². The second kappa shape index (κ2) is 9.39. The number of rotatable bonds is 8. The van der Waals surface area contributed by atoms with E-state index in [1.165, 1.54) is 0 Å². The highest BCUT2D eigenvalue weighted by Gasteiger charge is 2.07. The second-order valence-corrected chi connectivity index (χ2v) is 5.88. The van der Waals surface area contributed by atoms with Crippen LogP contribution in [0.5, 0.6) is 0 Å². The highest BCUT2D eigenvalue weighted by molar-refractivity contribution is 9.10. The number of benzene rings is 1. The predicted octanol–water partition coefficient (Wildman–Crippen LogP) is 3.14. The smallest absolute Gasteiger partial charge is 0.315 e. The molecule has 0 fully saturated rings. The lowest BCUT2D eigenvalue weighted by Gasteiger charge is -2.12. The molecule has 0 aliphatic rings. The van der Waals surface area contributed by atoms with Crippen molar-refractivity contribution in [3.05, 3.63) is 34.3 Å². The van der Waals surface area contributed by atoms with Gasteiger partial charge in [-0.15, -0.1) is 0 Å². The summed E-state index contributed by atoms with van der Waals surface area (Å²) in [5, 5.41) is 14.2. The molecule has 0 saturated heterocycles. The summed E-state index contributed by atoms with van der Waals surface area (Å²) in [4.78, 5) is 22.1. The Hall–Kier alpha value is -1.56. The lowest BCUT2D eigenvalue weighted by molar-refractivity contribution is -0.137. The Morgan fingerprint density at radius 1 is 1.24 bits per heavy atom. The van der Waals surface area contributed by atoms with Gasteiger partial charge in [-0.2, -0.15) is 0 Å². The molecule has 0 heterocycles. The number of halogens is 1. The highest BCUT2D eigenvalue weighted by Crippen LogP contribution is 2.15. The molecule has 0 radical (unpaired) electrons. The summed E-state index contributed by atoms with van der Waals surface area (Å²) in [5.74, 6) is -0.495. The summed E-state index contributed by atoms with van der Waals surface area (Å²) in [6.45, 7) is 2.99. The summed E-state index contributed by atoms with van der Waals surface area (Å²) >= 11 is 3.43. The Kier molecular flexibility index (Phi) is 7.82. The Labute approximate surface area is 133 Å².